The molecule has 0 N–H and O–H groups in total. The Hall–Kier alpha value is -1.22. The van der Waals surface area contributed by atoms with E-state index >= 15 is 0 Å². The predicted octanol–water partition coefficient (Wildman–Crippen LogP) is 2.74. The summed E-state index contributed by atoms with van der Waals surface area (Å²) in [4.78, 5) is 0. The van der Waals surface area contributed by atoms with Gasteiger partial charge in [-0.3, -0.25) is 0 Å². The normalized spacial score (nSPS) is 11.8. The summed E-state index contributed by atoms with van der Waals surface area (Å²) < 4.78 is 7.81. The van der Waals surface area contributed by atoms with Crippen molar-refractivity contribution in [3.05, 3.63) is 28.9 Å². The standard InChI is InChI=1S/C15H20BClN2OSi/c1-21(2,3)5-4-20-10-19-9-11(8-18)13-6-12(17)7-14(16)15(13)19/h6-7,9H,4-5,10,16H2,1-3H3. The van der Waals surface area contributed by atoms with Gasteiger partial charge >= 0.3 is 0 Å². The number of benzene rings is 1. The van der Waals surface area contributed by atoms with Crippen LogP contribution in [0.1, 0.15) is 5.56 Å². The van der Waals surface area contributed by atoms with Gasteiger partial charge < -0.3 is 9.30 Å². The second-order valence-electron chi connectivity index (χ2n) is 6.59. The van der Waals surface area contributed by atoms with Crippen molar-refractivity contribution in [1.82, 2.24) is 4.57 Å². The van der Waals surface area contributed by atoms with Crippen LogP contribution in [0.25, 0.3) is 10.9 Å². The van der Waals surface area contributed by atoms with Gasteiger partial charge in [0.05, 0.1) is 5.56 Å². The molecule has 0 unspecified atom stereocenters. The van der Waals surface area contributed by atoms with E-state index < -0.39 is 8.07 Å². The first-order chi connectivity index (χ1) is 9.81. The van der Waals surface area contributed by atoms with Crippen molar-refractivity contribution >= 4 is 43.9 Å². The molecule has 0 atom stereocenters. The number of hydrogen-bond donors (Lipinski definition) is 0. The first kappa shape index (κ1) is 16.2. The Morgan fingerprint density at radius 1 is 1.38 bits per heavy atom. The molecule has 0 fully saturated rings. The molecule has 0 saturated heterocycles. The summed E-state index contributed by atoms with van der Waals surface area (Å²) in [5, 5.41) is 10.8. The first-order valence-electron chi connectivity index (χ1n) is 7.08. The van der Waals surface area contributed by atoms with E-state index in [0.29, 0.717) is 17.3 Å². The molecule has 0 amide bonds. The lowest BCUT2D eigenvalue weighted by atomic mass is 9.93. The van der Waals surface area contributed by atoms with E-state index in [1.807, 2.05) is 30.7 Å². The van der Waals surface area contributed by atoms with E-state index in [0.717, 1.165) is 29.0 Å². The Labute approximate surface area is 132 Å². The van der Waals surface area contributed by atoms with Crippen molar-refractivity contribution in [3.63, 3.8) is 0 Å². The molecule has 0 aliphatic heterocycles. The number of aromatic nitrogens is 1. The van der Waals surface area contributed by atoms with Crippen LogP contribution in [0.15, 0.2) is 18.3 Å². The highest BCUT2D eigenvalue weighted by molar-refractivity contribution is 6.76. The van der Waals surface area contributed by atoms with Crippen molar-refractivity contribution in [2.24, 2.45) is 0 Å². The van der Waals surface area contributed by atoms with Crippen LogP contribution in [0.5, 0.6) is 0 Å². The van der Waals surface area contributed by atoms with Crippen LogP contribution in [0.4, 0.5) is 0 Å². The van der Waals surface area contributed by atoms with E-state index in [4.69, 9.17) is 16.3 Å². The fourth-order valence-corrected chi connectivity index (χ4v) is 3.37. The molecule has 3 nitrogen and oxygen atoms in total. The molecule has 1 aromatic carbocycles. The summed E-state index contributed by atoms with van der Waals surface area (Å²) in [6.07, 6.45) is 1.85. The molecule has 2 aromatic rings. The Kier molecular flexibility index (Phi) is 4.82. The van der Waals surface area contributed by atoms with Crippen molar-refractivity contribution in [3.8, 4) is 6.07 Å². The third kappa shape index (κ3) is 3.91. The van der Waals surface area contributed by atoms with Crippen LogP contribution in [-0.2, 0) is 11.5 Å². The summed E-state index contributed by atoms with van der Waals surface area (Å²) in [5.74, 6) is 0. The average Bonchev–Trinajstić information content (AvgIpc) is 2.71. The van der Waals surface area contributed by atoms with E-state index in [1.54, 1.807) is 0 Å². The minimum absolute atomic E-state index is 0.477. The highest BCUT2D eigenvalue weighted by Gasteiger charge is 2.14. The van der Waals surface area contributed by atoms with E-state index in [9.17, 15) is 5.26 Å². The van der Waals surface area contributed by atoms with Gasteiger partial charge in [-0.2, -0.15) is 5.26 Å². The lowest BCUT2D eigenvalue weighted by Gasteiger charge is -2.16. The SMILES string of the molecule is Bc1cc(Cl)cc2c(C#N)cn(COCC[Si](C)(C)C)c12. The Morgan fingerprint density at radius 2 is 2.10 bits per heavy atom. The fourth-order valence-electron chi connectivity index (χ4n) is 2.34. The van der Waals surface area contributed by atoms with Gasteiger partial charge in [-0.25, -0.2) is 0 Å². The van der Waals surface area contributed by atoms with Crippen molar-refractivity contribution in [1.29, 1.82) is 5.26 Å². The molecule has 2 rings (SSSR count). The Bertz CT molecular complexity index is 700. The number of nitrogens with zero attached hydrogens (tertiary/aromatic N) is 2. The van der Waals surface area contributed by atoms with Gasteiger partial charge in [0, 0.05) is 36.8 Å². The summed E-state index contributed by atoms with van der Waals surface area (Å²) in [6, 6.07) is 7.14. The molecule has 0 spiro atoms. The molecule has 21 heavy (non-hydrogen) atoms. The molecule has 0 aliphatic carbocycles. The van der Waals surface area contributed by atoms with Gasteiger partial charge in [0.25, 0.3) is 0 Å². The maximum atomic E-state index is 9.27. The number of ether oxygens (including phenoxy) is 1. The molecular formula is C15H20BClN2OSi. The quantitative estimate of drug-likeness (QED) is 0.628. The second kappa shape index (κ2) is 6.27. The third-order valence-electron chi connectivity index (χ3n) is 3.47. The number of nitriles is 1. The van der Waals surface area contributed by atoms with Crippen molar-refractivity contribution in [2.75, 3.05) is 6.61 Å². The first-order valence-corrected chi connectivity index (χ1v) is 11.2. The summed E-state index contributed by atoms with van der Waals surface area (Å²) in [7, 11) is 0.935. The van der Waals surface area contributed by atoms with Gasteiger partial charge in [0.1, 0.15) is 20.6 Å². The van der Waals surface area contributed by atoms with Crippen molar-refractivity contribution < 1.29 is 4.74 Å². The van der Waals surface area contributed by atoms with Gasteiger partial charge in [0.15, 0.2) is 0 Å². The largest absolute Gasteiger partial charge is 0.361 e. The fraction of sp³-hybridized carbons (Fsp3) is 0.400. The minimum Gasteiger partial charge on any atom is -0.361 e. The molecule has 6 heteroatoms. The van der Waals surface area contributed by atoms with E-state index in [2.05, 4.69) is 25.7 Å². The number of fused-ring (bicyclic) bond motifs is 1. The van der Waals surface area contributed by atoms with Crippen LogP contribution in [-0.4, -0.2) is 27.1 Å². The number of halogens is 1. The number of hydrogen-bond acceptors (Lipinski definition) is 2. The zero-order chi connectivity index (χ0) is 15.6. The molecule has 0 aliphatic rings. The van der Waals surface area contributed by atoms with Gasteiger partial charge in [-0.15, -0.1) is 0 Å². The van der Waals surface area contributed by atoms with E-state index in [-0.39, 0.29) is 0 Å². The smallest absolute Gasteiger partial charge is 0.142 e. The topological polar surface area (TPSA) is 38.0 Å². The van der Waals surface area contributed by atoms with Crippen LogP contribution < -0.4 is 5.46 Å². The van der Waals surface area contributed by atoms with Crippen LogP contribution in [0.2, 0.25) is 30.7 Å². The van der Waals surface area contributed by atoms with Gasteiger partial charge in [-0.1, -0.05) is 36.7 Å². The van der Waals surface area contributed by atoms with E-state index in [1.165, 1.54) is 0 Å². The average molecular weight is 319 g/mol. The van der Waals surface area contributed by atoms with Crippen LogP contribution >= 0.6 is 11.6 Å². The van der Waals surface area contributed by atoms with Crippen LogP contribution in [0, 0.1) is 11.3 Å². The second-order valence-corrected chi connectivity index (χ2v) is 12.6. The zero-order valence-electron chi connectivity index (χ0n) is 13.0. The third-order valence-corrected chi connectivity index (χ3v) is 5.40. The van der Waals surface area contributed by atoms with Gasteiger partial charge in [-0.05, 0) is 18.2 Å². The molecule has 0 saturated carbocycles. The predicted molar refractivity (Wildman–Crippen MR) is 93.9 cm³/mol. The monoisotopic (exact) mass is 318 g/mol. The molecule has 0 bridgehead atoms. The molecule has 0 radical (unpaired) electrons. The lowest BCUT2D eigenvalue weighted by Crippen LogP contribution is -2.22. The minimum atomic E-state index is -1.07. The molecule has 1 aromatic heterocycles. The maximum Gasteiger partial charge on any atom is 0.142 e. The highest BCUT2D eigenvalue weighted by Crippen LogP contribution is 2.23. The van der Waals surface area contributed by atoms with Gasteiger partial charge in [0.2, 0.25) is 0 Å². The number of rotatable bonds is 5. The Morgan fingerprint density at radius 3 is 2.71 bits per heavy atom. The molecule has 110 valence electrons. The lowest BCUT2D eigenvalue weighted by molar-refractivity contribution is 0.0903. The summed E-state index contributed by atoms with van der Waals surface area (Å²) in [5.41, 5.74) is 2.74. The summed E-state index contributed by atoms with van der Waals surface area (Å²) in [6.45, 7) is 8.25. The zero-order valence-corrected chi connectivity index (χ0v) is 14.8. The van der Waals surface area contributed by atoms with Crippen LogP contribution in [0.3, 0.4) is 0 Å². The highest BCUT2D eigenvalue weighted by atomic mass is 35.5. The maximum absolute atomic E-state index is 9.27. The molecular weight excluding hydrogens is 299 g/mol. The summed E-state index contributed by atoms with van der Waals surface area (Å²) >= 11 is 6.09. The Balaban J connectivity index is 2.23. The molecule has 1 heterocycles. The van der Waals surface area contributed by atoms with Crippen molar-refractivity contribution in [2.45, 2.75) is 32.4 Å².